The third kappa shape index (κ3) is 6.70. The summed E-state index contributed by atoms with van der Waals surface area (Å²) in [6.07, 6.45) is 5.80. The molecular formula is C26H35NO4. The number of benzene rings is 2. The van der Waals surface area contributed by atoms with Crippen LogP contribution >= 0.6 is 0 Å². The van der Waals surface area contributed by atoms with Gasteiger partial charge in [-0.2, -0.15) is 0 Å². The summed E-state index contributed by atoms with van der Waals surface area (Å²) in [5.41, 5.74) is 3.88. The fraction of sp³-hybridized carbons (Fsp3) is 0.538. The van der Waals surface area contributed by atoms with Gasteiger partial charge in [-0.3, -0.25) is 0 Å². The molecule has 2 atom stereocenters. The molecule has 2 aromatic carbocycles. The maximum absolute atomic E-state index is 6.19. The molecule has 0 radical (unpaired) electrons. The molecule has 4 rings (SSSR count). The van der Waals surface area contributed by atoms with Crippen molar-refractivity contribution < 1.29 is 18.9 Å². The Bertz CT molecular complexity index is 813. The lowest BCUT2D eigenvalue weighted by molar-refractivity contribution is 0.0652. The maximum Gasteiger partial charge on any atom is 0.127 e. The molecule has 0 amide bonds. The second kappa shape index (κ2) is 11.5. The van der Waals surface area contributed by atoms with Crippen molar-refractivity contribution in [3.63, 3.8) is 0 Å². The van der Waals surface area contributed by atoms with Crippen LogP contribution in [0.2, 0.25) is 0 Å². The van der Waals surface area contributed by atoms with Gasteiger partial charge in [0.1, 0.15) is 24.7 Å². The smallest absolute Gasteiger partial charge is 0.127 e. The van der Waals surface area contributed by atoms with E-state index in [2.05, 4.69) is 42.6 Å². The highest BCUT2D eigenvalue weighted by Gasteiger charge is 2.18. The Labute approximate surface area is 186 Å². The lowest BCUT2D eigenvalue weighted by Gasteiger charge is -2.17. The molecule has 2 heterocycles. The Kier molecular flexibility index (Phi) is 8.22. The summed E-state index contributed by atoms with van der Waals surface area (Å²) in [6.45, 7) is 6.72. The van der Waals surface area contributed by atoms with Crippen molar-refractivity contribution in [1.82, 2.24) is 5.32 Å². The Balaban J connectivity index is 1.33. The van der Waals surface area contributed by atoms with E-state index in [9.17, 15) is 0 Å². The van der Waals surface area contributed by atoms with Gasteiger partial charge in [-0.05, 0) is 62.8 Å². The van der Waals surface area contributed by atoms with E-state index >= 15 is 0 Å². The van der Waals surface area contributed by atoms with Gasteiger partial charge < -0.3 is 24.3 Å². The lowest BCUT2D eigenvalue weighted by atomic mass is 10.1. The van der Waals surface area contributed by atoms with Gasteiger partial charge >= 0.3 is 0 Å². The number of ether oxygens (including phenoxy) is 4. The van der Waals surface area contributed by atoms with E-state index < -0.39 is 0 Å². The molecule has 2 fully saturated rings. The van der Waals surface area contributed by atoms with Crippen molar-refractivity contribution in [1.29, 1.82) is 0 Å². The van der Waals surface area contributed by atoms with Crippen LogP contribution < -0.4 is 14.8 Å². The number of rotatable bonds is 11. The summed E-state index contributed by atoms with van der Waals surface area (Å²) in [4.78, 5) is 0. The van der Waals surface area contributed by atoms with Crippen LogP contribution in [0, 0.1) is 6.92 Å². The minimum Gasteiger partial charge on any atom is -0.491 e. The molecule has 168 valence electrons. The number of aryl methyl sites for hydroxylation is 1. The van der Waals surface area contributed by atoms with Crippen LogP contribution in [0.15, 0.2) is 42.5 Å². The second-order valence-corrected chi connectivity index (χ2v) is 8.51. The van der Waals surface area contributed by atoms with Gasteiger partial charge in [0.25, 0.3) is 0 Å². The average Bonchev–Trinajstić information content (AvgIpc) is 3.50. The van der Waals surface area contributed by atoms with E-state index in [4.69, 9.17) is 18.9 Å². The molecule has 2 aliphatic heterocycles. The fourth-order valence-corrected chi connectivity index (χ4v) is 4.17. The van der Waals surface area contributed by atoms with Gasteiger partial charge in [0.15, 0.2) is 0 Å². The summed E-state index contributed by atoms with van der Waals surface area (Å²) < 4.78 is 23.6. The van der Waals surface area contributed by atoms with Crippen LogP contribution in [0.5, 0.6) is 11.5 Å². The highest BCUT2D eigenvalue weighted by molar-refractivity contribution is 5.41. The molecule has 5 heteroatoms. The molecule has 0 saturated carbocycles. The van der Waals surface area contributed by atoms with E-state index in [0.717, 1.165) is 75.5 Å². The first kappa shape index (κ1) is 22.1. The Morgan fingerprint density at radius 2 is 1.65 bits per heavy atom. The van der Waals surface area contributed by atoms with Crippen molar-refractivity contribution in [2.45, 2.75) is 57.8 Å². The molecular weight excluding hydrogens is 390 g/mol. The first-order chi connectivity index (χ1) is 15.3. The molecule has 2 aliphatic rings. The quantitative estimate of drug-likeness (QED) is 0.539. The largest absolute Gasteiger partial charge is 0.491 e. The molecule has 2 unspecified atom stereocenters. The minimum atomic E-state index is 0.193. The fourth-order valence-electron chi connectivity index (χ4n) is 4.17. The normalized spacial score (nSPS) is 20.8. The average molecular weight is 426 g/mol. The van der Waals surface area contributed by atoms with Gasteiger partial charge in [0.2, 0.25) is 0 Å². The third-order valence-corrected chi connectivity index (χ3v) is 6.10. The number of nitrogens with one attached hydrogen (secondary N) is 1. The number of hydrogen-bond donors (Lipinski definition) is 1. The zero-order valence-electron chi connectivity index (χ0n) is 18.6. The van der Waals surface area contributed by atoms with Gasteiger partial charge in [-0.15, -0.1) is 0 Å². The molecule has 2 aromatic rings. The molecule has 5 nitrogen and oxygen atoms in total. The van der Waals surface area contributed by atoms with Crippen molar-refractivity contribution in [2.24, 2.45) is 0 Å². The van der Waals surface area contributed by atoms with E-state index in [0.29, 0.717) is 13.2 Å². The molecule has 0 aromatic heterocycles. The van der Waals surface area contributed by atoms with Crippen molar-refractivity contribution >= 4 is 0 Å². The van der Waals surface area contributed by atoms with Crippen molar-refractivity contribution in [2.75, 3.05) is 33.0 Å². The lowest BCUT2D eigenvalue weighted by Crippen LogP contribution is -2.20. The van der Waals surface area contributed by atoms with Gasteiger partial charge in [0.05, 0.1) is 12.2 Å². The summed E-state index contributed by atoms with van der Waals surface area (Å²) >= 11 is 0. The maximum atomic E-state index is 6.19. The standard InChI is InChI=1S/C26H35NO4/c1-20-6-2-3-7-21(20)12-13-27-17-22-10-11-23(30-18-24-8-4-14-28-24)16-26(22)31-19-25-9-5-15-29-25/h2-3,6-7,10-11,16,24-25,27H,4-5,8-9,12-15,17-19H2,1H3. The minimum absolute atomic E-state index is 0.193. The molecule has 31 heavy (non-hydrogen) atoms. The first-order valence-electron chi connectivity index (χ1n) is 11.6. The zero-order chi connectivity index (χ0) is 21.3. The van der Waals surface area contributed by atoms with Gasteiger partial charge in [-0.1, -0.05) is 30.3 Å². The van der Waals surface area contributed by atoms with Gasteiger partial charge in [-0.25, -0.2) is 0 Å². The van der Waals surface area contributed by atoms with Gasteiger partial charge in [0, 0.05) is 31.4 Å². The van der Waals surface area contributed by atoms with Crippen LogP contribution in [0.3, 0.4) is 0 Å². The summed E-state index contributed by atoms with van der Waals surface area (Å²) in [5.74, 6) is 1.71. The highest BCUT2D eigenvalue weighted by atomic mass is 16.5. The highest BCUT2D eigenvalue weighted by Crippen LogP contribution is 2.27. The Morgan fingerprint density at radius 3 is 2.35 bits per heavy atom. The molecule has 2 saturated heterocycles. The molecule has 1 N–H and O–H groups in total. The zero-order valence-corrected chi connectivity index (χ0v) is 18.6. The Hall–Kier alpha value is -2.08. The predicted molar refractivity (Wildman–Crippen MR) is 122 cm³/mol. The van der Waals surface area contributed by atoms with E-state index in [1.54, 1.807) is 0 Å². The predicted octanol–water partition coefficient (Wildman–Crippen LogP) is 4.44. The van der Waals surface area contributed by atoms with Crippen LogP contribution in [0.25, 0.3) is 0 Å². The SMILES string of the molecule is Cc1ccccc1CCNCc1ccc(OCC2CCCO2)cc1OCC1CCCO1. The molecule has 0 spiro atoms. The van der Waals surface area contributed by atoms with Crippen LogP contribution in [0.4, 0.5) is 0 Å². The molecule has 0 aliphatic carbocycles. The summed E-state index contributed by atoms with van der Waals surface area (Å²) in [5, 5.41) is 3.57. The third-order valence-electron chi connectivity index (χ3n) is 6.10. The summed E-state index contributed by atoms with van der Waals surface area (Å²) in [7, 11) is 0. The van der Waals surface area contributed by atoms with Crippen molar-refractivity contribution in [3.05, 3.63) is 59.2 Å². The number of hydrogen-bond acceptors (Lipinski definition) is 5. The monoisotopic (exact) mass is 425 g/mol. The van der Waals surface area contributed by atoms with E-state index in [1.165, 1.54) is 11.1 Å². The van der Waals surface area contributed by atoms with E-state index in [-0.39, 0.29) is 12.2 Å². The van der Waals surface area contributed by atoms with Crippen LogP contribution in [-0.4, -0.2) is 45.2 Å². The van der Waals surface area contributed by atoms with E-state index in [1.807, 2.05) is 12.1 Å². The topological polar surface area (TPSA) is 49.0 Å². The van der Waals surface area contributed by atoms with Crippen LogP contribution in [-0.2, 0) is 22.4 Å². The summed E-state index contributed by atoms with van der Waals surface area (Å²) in [6, 6.07) is 14.7. The first-order valence-corrected chi connectivity index (χ1v) is 11.6. The van der Waals surface area contributed by atoms with Crippen LogP contribution in [0.1, 0.15) is 42.4 Å². The van der Waals surface area contributed by atoms with Crippen molar-refractivity contribution in [3.8, 4) is 11.5 Å². The second-order valence-electron chi connectivity index (χ2n) is 8.51. The Morgan fingerprint density at radius 1 is 0.903 bits per heavy atom. The molecule has 0 bridgehead atoms.